The zero-order valence-corrected chi connectivity index (χ0v) is 13.6. The van der Waals surface area contributed by atoms with E-state index in [9.17, 15) is 9.59 Å². The fraction of sp³-hybridized carbons (Fsp3) is 0.125. The molecule has 0 fully saturated rings. The van der Waals surface area contributed by atoms with Crippen LogP contribution in [0.2, 0.25) is 0 Å². The summed E-state index contributed by atoms with van der Waals surface area (Å²) < 4.78 is 5.06. The fourth-order valence-electron chi connectivity index (χ4n) is 1.96. The number of amides is 1. The van der Waals surface area contributed by atoms with Crippen molar-refractivity contribution in [1.29, 1.82) is 0 Å². The van der Waals surface area contributed by atoms with Gasteiger partial charge in [-0.2, -0.15) is 4.98 Å². The van der Waals surface area contributed by atoms with Crippen molar-refractivity contribution >= 4 is 23.7 Å². The van der Waals surface area contributed by atoms with Gasteiger partial charge in [0.1, 0.15) is 6.26 Å². The Kier molecular flexibility index (Phi) is 4.76. The van der Waals surface area contributed by atoms with Crippen LogP contribution >= 0.6 is 11.8 Å². The maximum atomic E-state index is 11.9. The second-order valence-electron chi connectivity index (χ2n) is 4.93. The Labute approximate surface area is 141 Å². The third kappa shape index (κ3) is 4.11. The predicted molar refractivity (Wildman–Crippen MR) is 90.9 cm³/mol. The highest BCUT2D eigenvalue weighted by molar-refractivity contribution is 7.99. The third-order valence-corrected chi connectivity index (χ3v) is 3.87. The average Bonchev–Trinajstić information content (AvgIpc) is 2.98. The number of aromatic amines is 1. The molecule has 24 heavy (non-hydrogen) atoms. The van der Waals surface area contributed by atoms with Crippen molar-refractivity contribution in [2.45, 2.75) is 12.1 Å². The number of aromatic nitrogens is 3. The molecule has 0 radical (unpaired) electrons. The van der Waals surface area contributed by atoms with Crippen LogP contribution in [0.3, 0.4) is 0 Å². The first-order valence-electron chi connectivity index (χ1n) is 7.12. The van der Waals surface area contributed by atoms with E-state index in [0.29, 0.717) is 16.5 Å². The minimum Gasteiger partial charge on any atom is -0.432 e. The van der Waals surface area contributed by atoms with Gasteiger partial charge in [0.25, 0.3) is 5.56 Å². The van der Waals surface area contributed by atoms with Gasteiger partial charge < -0.3 is 9.40 Å². The molecule has 0 aliphatic rings. The maximum absolute atomic E-state index is 11.9. The normalized spacial score (nSPS) is 10.5. The van der Waals surface area contributed by atoms with Crippen LogP contribution in [-0.4, -0.2) is 26.6 Å². The summed E-state index contributed by atoms with van der Waals surface area (Å²) in [6.07, 6.45) is 1.45. The molecule has 122 valence electrons. The second-order valence-corrected chi connectivity index (χ2v) is 5.90. The smallest absolute Gasteiger partial charge is 0.301 e. The molecule has 1 aromatic carbocycles. The first-order valence-corrected chi connectivity index (χ1v) is 8.10. The molecule has 1 amide bonds. The van der Waals surface area contributed by atoms with Crippen LogP contribution in [0, 0.1) is 6.92 Å². The summed E-state index contributed by atoms with van der Waals surface area (Å²) in [7, 11) is 0. The number of anilines is 1. The summed E-state index contributed by atoms with van der Waals surface area (Å²) in [5.74, 6) is -0.225. The van der Waals surface area contributed by atoms with Crippen LogP contribution in [-0.2, 0) is 4.79 Å². The largest absolute Gasteiger partial charge is 0.432 e. The molecule has 2 N–H and O–H groups in total. The summed E-state index contributed by atoms with van der Waals surface area (Å²) in [5.41, 5.74) is 1.81. The molecule has 0 atom stereocenters. The van der Waals surface area contributed by atoms with Gasteiger partial charge in [-0.3, -0.25) is 14.9 Å². The van der Waals surface area contributed by atoms with Gasteiger partial charge in [-0.25, -0.2) is 4.98 Å². The van der Waals surface area contributed by atoms with Gasteiger partial charge in [-0.1, -0.05) is 42.1 Å². The predicted octanol–water partition coefficient (Wildman–Crippen LogP) is 2.46. The number of nitrogens with one attached hydrogen (secondary N) is 2. The summed E-state index contributed by atoms with van der Waals surface area (Å²) in [6, 6.07) is 10.9. The standard InChI is InChI=1S/C16H14N4O3S/c1-10-8-23-15(17-10)19-14(22)9-24-16-18-12(7-13(21)20-16)11-5-3-2-4-6-11/h2-8H,9H2,1H3,(H,17,19,22)(H,18,20,21). The lowest BCUT2D eigenvalue weighted by Gasteiger charge is -2.04. The number of H-pyrrole nitrogens is 1. The van der Waals surface area contributed by atoms with E-state index in [1.54, 1.807) is 6.92 Å². The van der Waals surface area contributed by atoms with Gasteiger partial charge in [0.15, 0.2) is 5.16 Å². The van der Waals surface area contributed by atoms with Crippen molar-refractivity contribution < 1.29 is 9.21 Å². The SMILES string of the molecule is Cc1coc(NC(=O)CSc2nc(-c3ccccc3)cc(=O)[nH]2)n1. The zero-order valence-electron chi connectivity index (χ0n) is 12.8. The van der Waals surface area contributed by atoms with Gasteiger partial charge >= 0.3 is 6.01 Å². The highest BCUT2D eigenvalue weighted by Gasteiger charge is 2.10. The van der Waals surface area contributed by atoms with Crippen LogP contribution in [0.1, 0.15) is 5.69 Å². The molecule has 2 aromatic heterocycles. The first-order chi connectivity index (χ1) is 11.6. The molecule has 2 heterocycles. The van der Waals surface area contributed by atoms with E-state index in [0.717, 1.165) is 17.3 Å². The van der Waals surface area contributed by atoms with Crippen molar-refractivity contribution in [3.8, 4) is 11.3 Å². The van der Waals surface area contributed by atoms with Gasteiger partial charge in [0.2, 0.25) is 5.91 Å². The lowest BCUT2D eigenvalue weighted by atomic mass is 10.1. The molecule has 8 heteroatoms. The minimum absolute atomic E-state index is 0.0720. The Hall–Kier alpha value is -2.87. The molecule has 0 aliphatic carbocycles. The highest BCUT2D eigenvalue weighted by atomic mass is 32.2. The van der Waals surface area contributed by atoms with Crippen molar-refractivity contribution in [2.24, 2.45) is 0 Å². The minimum atomic E-state index is -0.297. The number of rotatable bonds is 5. The second kappa shape index (κ2) is 7.14. The fourth-order valence-corrected chi connectivity index (χ4v) is 2.64. The van der Waals surface area contributed by atoms with Gasteiger partial charge in [0, 0.05) is 11.6 Å². The van der Waals surface area contributed by atoms with Crippen molar-refractivity contribution in [2.75, 3.05) is 11.1 Å². The van der Waals surface area contributed by atoms with Crippen LogP contribution in [0.25, 0.3) is 11.3 Å². The summed E-state index contributed by atoms with van der Waals surface area (Å²) in [5, 5.41) is 2.91. The number of carbonyl (C=O) groups excluding carboxylic acids is 1. The number of carbonyl (C=O) groups is 1. The molecule has 0 saturated heterocycles. The average molecular weight is 342 g/mol. The number of aryl methyl sites for hydroxylation is 1. The molecule has 0 spiro atoms. The number of nitrogens with zero attached hydrogens (tertiary/aromatic N) is 2. The Morgan fingerprint density at radius 1 is 1.29 bits per heavy atom. The Bertz CT molecular complexity index is 905. The quantitative estimate of drug-likeness (QED) is 0.546. The van der Waals surface area contributed by atoms with Crippen molar-refractivity contribution in [3.05, 3.63) is 58.7 Å². The summed E-state index contributed by atoms with van der Waals surface area (Å²) >= 11 is 1.13. The van der Waals surface area contributed by atoms with Gasteiger partial charge in [-0.05, 0) is 6.92 Å². The number of hydrogen-bond donors (Lipinski definition) is 2. The molecular formula is C16H14N4O3S. The molecule has 0 bridgehead atoms. The van der Waals surface area contributed by atoms with Crippen LogP contribution in [0.15, 0.2) is 57.0 Å². The summed E-state index contributed by atoms with van der Waals surface area (Å²) in [4.78, 5) is 34.7. The van der Waals surface area contributed by atoms with E-state index in [1.165, 1.54) is 12.3 Å². The zero-order chi connectivity index (χ0) is 16.9. The topological polar surface area (TPSA) is 101 Å². The molecular weight excluding hydrogens is 328 g/mol. The van der Waals surface area contributed by atoms with Crippen LogP contribution in [0.4, 0.5) is 6.01 Å². The van der Waals surface area contributed by atoms with E-state index in [-0.39, 0.29) is 23.2 Å². The molecule has 0 saturated carbocycles. The van der Waals surface area contributed by atoms with Crippen molar-refractivity contribution in [1.82, 2.24) is 15.0 Å². The van der Waals surface area contributed by atoms with Gasteiger partial charge in [-0.15, -0.1) is 0 Å². The van der Waals surface area contributed by atoms with E-state index in [4.69, 9.17) is 4.42 Å². The molecule has 3 aromatic rings. The number of hydrogen-bond acceptors (Lipinski definition) is 6. The monoisotopic (exact) mass is 342 g/mol. The van der Waals surface area contributed by atoms with Crippen LogP contribution < -0.4 is 10.9 Å². The number of benzene rings is 1. The molecule has 0 aliphatic heterocycles. The van der Waals surface area contributed by atoms with E-state index >= 15 is 0 Å². The van der Waals surface area contributed by atoms with Crippen molar-refractivity contribution in [3.63, 3.8) is 0 Å². The molecule has 7 nitrogen and oxygen atoms in total. The third-order valence-electron chi connectivity index (χ3n) is 2.99. The number of oxazole rings is 1. The van der Waals surface area contributed by atoms with Gasteiger partial charge in [0.05, 0.1) is 17.1 Å². The lowest BCUT2D eigenvalue weighted by Crippen LogP contribution is -2.15. The Morgan fingerprint density at radius 3 is 2.79 bits per heavy atom. The lowest BCUT2D eigenvalue weighted by molar-refractivity contribution is -0.113. The Morgan fingerprint density at radius 2 is 2.08 bits per heavy atom. The summed E-state index contributed by atoms with van der Waals surface area (Å²) in [6.45, 7) is 1.76. The number of thioether (sulfide) groups is 1. The Balaban J connectivity index is 1.68. The van der Waals surface area contributed by atoms with E-state index in [2.05, 4.69) is 20.3 Å². The maximum Gasteiger partial charge on any atom is 0.301 e. The van der Waals surface area contributed by atoms with E-state index < -0.39 is 0 Å². The van der Waals surface area contributed by atoms with Crippen LogP contribution in [0.5, 0.6) is 0 Å². The van der Waals surface area contributed by atoms with E-state index in [1.807, 2.05) is 30.3 Å². The highest BCUT2D eigenvalue weighted by Crippen LogP contribution is 2.18. The molecule has 0 unspecified atom stereocenters. The first kappa shape index (κ1) is 16.0. The molecule has 3 rings (SSSR count).